The van der Waals surface area contributed by atoms with Crippen LogP contribution in [0.3, 0.4) is 0 Å². The van der Waals surface area contributed by atoms with Gasteiger partial charge in [-0.2, -0.15) is 0 Å². The highest BCUT2D eigenvalue weighted by atomic mass is 19.1. The zero-order valence-corrected chi connectivity index (χ0v) is 11.3. The average Bonchev–Trinajstić information content (AvgIpc) is 2.51. The van der Waals surface area contributed by atoms with E-state index in [9.17, 15) is 14.0 Å². The van der Waals surface area contributed by atoms with Crippen molar-refractivity contribution in [1.29, 1.82) is 0 Å². The van der Waals surface area contributed by atoms with Crippen LogP contribution in [0.5, 0.6) is 0 Å². The minimum Gasteiger partial charge on any atom is -0.352 e. The first kappa shape index (κ1) is 13.2. The van der Waals surface area contributed by atoms with E-state index in [0.29, 0.717) is 22.4 Å². The fourth-order valence-electron chi connectivity index (χ4n) is 2.33. The summed E-state index contributed by atoms with van der Waals surface area (Å²) in [7, 11) is 0. The molecule has 0 fully saturated rings. The molecule has 2 aromatic rings. The molecule has 0 heterocycles. The summed E-state index contributed by atoms with van der Waals surface area (Å²) in [4.78, 5) is 24.8. The Hall–Kier alpha value is -2.75. The molecule has 0 saturated heterocycles. The number of ketones is 2. The van der Waals surface area contributed by atoms with E-state index in [-0.39, 0.29) is 23.1 Å². The van der Waals surface area contributed by atoms with Crippen LogP contribution in [0.4, 0.5) is 10.1 Å². The van der Waals surface area contributed by atoms with E-state index in [2.05, 4.69) is 5.32 Å². The van der Waals surface area contributed by atoms with Gasteiger partial charge in [0, 0.05) is 22.4 Å². The Bertz CT molecular complexity index is 776. The summed E-state index contributed by atoms with van der Waals surface area (Å²) in [6.45, 7) is 1.61. The summed E-state index contributed by atoms with van der Waals surface area (Å²) in [5.41, 5.74) is 1.97. The maximum Gasteiger partial charge on any atom is 0.210 e. The van der Waals surface area contributed by atoms with Gasteiger partial charge in [0.1, 0.15) is 5.82 Å². The lowest BCUT2D eigenvalue weighted by Gasteiger charge is -2.20. The molecule has 104 valence electrons. The van der Waals surface area contributed by atoms with Gasteiger partial charge in [-0.15, -0.1) is 0 Å². The second-order valence-corrected chi connectivity index (χ2v) is 4.84. The quantitative estimate of drug-likeness (QED) is 0.915. The van der Waals surface area contributed by atoms with Crippen LogP contribution in [-0.2, 0) is 0 Å². The Morgan fingerprint density at radius 1 is 0.857 bits per heavy atom. The van der Waals surface area contributed by atoms with Gasteiger partial charge in [-0.1, -0.05) is 24.3 Å². The molecule has 1 aliphatic carbocycles. The van der Waals surface area contributed by atoms with Gasteiger partial charge in [0.2, 0.25) is 5.78 Å². The molecule has 0 spiro atoms. The number of carbonyl (C=O) groups excluding carboxylic acids is 2. The molecular weight excluding hydrogens is 269 g/mol. The molecule has 0 unspecified atom stereocenters. The van der Waals surface area contributed by atoms with Crippen molar-refractivity contribution in [1.82, 2.24) is 0 Å². The van der Waals surface area contributed by atoms with Gasteiger partial charge in [-0.25, -0.2) is 4.39 Å². The minimum absolute atomic E-state index is 0.171. The predicted octanol–water partition coefficient (Wildman–Crippen LogP) is 3.59. The molecule has 2 aromatic carbocycles. The molecule has 0 atom stereocenters. The summed E-state index contributed by atoms with van der Waals surface area (Å²) < 4.78 is 12.9. The van der Waals surface area contributed by atoms with Crippen molar-refractivity contribution >= 4 is 17.3 Å². The predicted molar refractivity (Wildman–Crippen MR) is 77.8 cm³/mol. The smallest absolute Gasteiger partial charge is 0.210 e. The van der Waals surface area contributed by atoms with Crippen LogP contribution in [0.25, 0.3) is 0 Å². The number of hydrogen-bond acceptors (Lipinski definition) is 3. The second-order valence-electron chi connectivity index (χ2n) is 4.84. The number of benzene rings is 2. The molecule has 0 aliphatic heterocycles. The molecule has 0 amide bonds. The van der Waals surface area contributed by atoms with E-state index in [1.807, 2.05) is 0 Å². The third kappa shape index (κ3) is 2.25. The molecular formula is C17H12FNO2. The fraction of sp³-hybridized carbons (Fsp3) is 0.0588. The molecule has 0 aromatic heterocycles. The molecule has 3 nitrogen and oxygen atoms in total. The van der Waals surface area contributed by atoms with Crippen LogP contribution in [0.15, 0.2) is 59.8 Å². The van der Waals surface area contributed by atoms with Crippen molar-refractivity contribution in [2.45, 2.75) is 6.92 Å². The number of carbonyl (C=O) groups is 2. The van der Waals surface area contributed by atoms with Crippen LogP contribution >= 0.6 is 0 Å². The van der Waals surface area contributed by atoms with Crippen molar-refractivity contribution in [2.24, 2.45) is 0 Å². The first-order valence-corrected chi connectivity index (χ1v) is 6.50. The van der Waals surface area contributed by atoms with Gasteiger partial charge in [-0.05, 0) is 31.2 Å². The Balaban J connectivity index is 2.02. The SMILES string of the molecule is CC1=C(Nc2ccc(F)cc2)C(=O)c2ccccc2C1=O. The van der Waals surface area contributed by atoms with E-state index in [4.69, 9.17) is 0 Å². The number of fused-ring (bicyclic) bond motifs is 1. The average molecular weight is 281 g/mol. The number of halogens is 1. The third-order valence-corrected chi connectivity index (χ3v) is 3.47. The molecule has 1 aliphatic rings. The van der Waals surface area contributed by atoms with Gasteiger partial charge in [0.15, 0.2) is 5.78 Å². The van der Waals surface area contributed by atoms with Crippen LogP contribution < -0.4 is 5.32 Å². The molecule has 0 bridgehead atoms. The summed E-state index contributed by atoms with van der Waals surface area (Å²) in [5, 5.41) is 2.92. The number of nitrogens with one attached hydrogen (secondary N) is 1. The number of anilines is 1. The van der Waals surface area contributed by atoms with Crippen molar-refractivity contribution in [3.05, 3.63) is 76.7 Å². The molecule has 21 heavy (non-hydrogen) atoms. The lowest BCUT2D eigenvalue weighted by molar-refractivity contribution is 0.0976. The van der Waals surface area contributed by atoms with E-state index in [0.717, 1.165) is 0 Å². The van der Waals surface area contributed by atoms with E-state index in [1.165, 1.54) is 24.3 Å². The summed E-state index contributed by atoms with van der Waals surface area (Å²) in [6.07, 6.45) is 0. The summed E-state index contributed by atoms with van der Waals surface area (Å²) in [5.74, 6) is -0.760. The van der Waals surface area contributed by atoms with Gasteiger partial charge in [0.05, 0.1) is 5.70 Å². The lowest BCUT2D eigenvalue weighted by atomic mass is 9.88. The highest BCUT2D eigenvalue weighted by Crippen LogP contribution is 2.27. The van der Waals surface area contributed by atoms with Gasteiger partial charge < -0.3 is 5.32 Å². The largest absolute Gasteiger partial charge is 0.352 e. The van der Waals surface area contributed by atoms with E-state index < -0.39 is 0 Å². The molecule has 0 radical (unpaired) electrons. The van der Waals surface area contributed by atoms with Crippen molar-refractivity contribution < 1.29 is 14.0 Å². The van der Waals surface area contributed by atoms with Crippen molar-refractivity contribution in [3.8, 4) is 0 Å². The zero-order valence-electron chi connectivity index (χ0n) is 11.3. The fourth-order valence-corrected chi connectivity index (χ4v) is 2.33. The monoisotopic (exact) mass is 281 g/mol. The Morgan fingerprint density at radius 2 is 1.43 bits per heavy atom. The third-order valence-electron chi connectivity index (χ3n) is 3.47. The standard InChI is InChI=1S/C17H12FNO2/c1-10-15(19-12-8-6-11(18)7-9-12)17(21)14-5-3-2-4-13(14)16(10)20/h2-9,19H,1H3. The maximum atomic E-state index is 12.9. The van der Waals surface area contributed by atoms with E-state index in [1.54, 1.807) is 31.2 Å². The molecule has 3 rings (SSSR count). The van der Waals surface area contributed by atoms with Crippen LogP contribution in [-0.4, -0.2) is 11.6 Å². The maximum absolute atomic E-state index is 12.9. The number of allylic oxidation sites excluding steroid dienone is 2. The first-order valence-electron chi connectivity index (χ1n) is 6.50. The minimum atomic E-state index is -0.359. The Kier molecular flexibility index (Phi) is 3.14. The summed E-state index contributed by atoms with van der Waals surface area (Å²) in [6, 6.07) is 12.4. The van der Waals surface area contributed by atoms with Crippen LogP contribution in [0, 0.1) is 5.82 Å². The highest BCUT2D eigenvalue weighted by Gasteiger charge is 2.29. The molecule has 4 heteroatoms. The highest BCUT2D eigenvalue weighted by molar-refractivity contribution is 6.27. The second kappa shape index (κ2) is 4.98. The van der Waals surface area contributed by atoms with Crippen LogP contribution in [0.1, 0.15) is 27.6 Å². The normalized spacial score (nSPS) is 14.2. The summed E-state index contributed by atoms with van der Waals surface area (Å²) >= 11 is 0. The number of Topliss-reactive ketones (excluding diaryl/α,β-unsaturated/α-hetero) is 2. The van der Waals surface area contributed by atoms with Crippen LogP contribution in [0.2, 0.25) is 0 Å². The zero-order chi connectivity index (χ0) is 15.0. The molecule has 1 N–H and O–H groups in total. The van der Waals surface area contributed by atoms with Crippen molar-refractivity contribution in [3.63, 3.8) is 0 Å². The Labute approximate surface area is 121 Å². The first-order chi connectivity index (χ1) is 10.1. The number of hydrogen-bond donors (Lipinski definition) is 1. The van der Waals surface area contributed by atoms with E-state index >= 15 is 0 Å². The van der Waals surface area contributed by atoms with Gasteiger partial charge >= 0.3 is 0 Å². The lowest BCUT2D eigenvalue weighted by Crippen LogP contribution is -2.24. The molecule has 0 saturated carbocycles. The topological polar surface area (TPSA) is 46.2 Å². The van der Waals surface area contributed by atoms with Gasteiger partial charge in [-0.3, -0.25) is 9.59 Å². The van der Waals surface area contributed by atoms with Gasteiger partial charge in [0.25, 0.3) is 0 Å². The number of rotatable bonds is 2. The Morgan fingerprint density at radius 3 is 2.05 bits per heavy atom. The van der Waals surface area contributed by atoms with Crippen molar-refractivity contribution in [2.75, 3.05) is 5.32 Å².